The fourth-order valence-electron chi connectivity index (χ4n) is 2.98. The van der Waals surface area contributed by atoms with Crippen molar-refractivity contribution in [3.63, 3.8) is 0 Å². The fraction of sp³-hybridized carbons (Fsp3) is 0.933. The van der Waals surface area contributed by atoms with Crippen molar-refractivity contribution >= 4 is 17.7 Å². The van der Waals surface area contributed by atoms with Gasteiger partial charge in [-0.3, -0.25) is 4.79 Å². The van der Waals surface area contributed by atoms with Gasteiger partial charge in [0.25, 0.3) is 0 Å². The van der Waals surface area contributed by atoms with E-state index in [2.05, 4.69) is 5.32 Å². The van der Waals surface area contributed by atoms with Crippen molar-refractivity contribution in [1.29, 1.82) is 0 Å². The first-order valence-electron chi connectivity index (χ1n) is 7.80. The van der Waals surface area contributed by atoms with E-state index in [1.54, 1.807) is 0 Å². The van der Waals surface area contributed by atoms with Crippen molar-refractivity contribution < 1.29 is 9.53 Å². The predicted molar refractivity (Wildman–Crippen MR) is 80.5 cm³/mol. The molecule has 1 N–H and O–H groups in total. The van der Waals surface area contributed by atoms with Gasteiger partial charge in [0.05, 0.1) is 0 Å². The highest BCUT2D eigenvalue weighted by molar-refractivity contribution is 7.99. The van der Waals surface area contributed by atoms with Gasteiger partial charge < -0.3 is 10.1 Å². The van der Waals surface area contributed by atoms with Gasteiger partial charge in [-0.05, 0) is 31.6 Å². The van der Waals surface area contributed by atoms with E-state index < -0.39 is 0 Å². The summed E-state index contributed by atoms with van der Waals surface area (Å²) in [6.07, 6.45) is 9.59. The topological polar surface area (TPSA) is 38.3 Å². The number of nitrogens with one attached hydrogen (secondary N) is 1. The van der Waals surface area contributed by atoms with E-state index in [0.717, 1.165) is 37.2 Å². The maximum absolute atomic E-state index is 11.8. The molecule has 1 aliphatic carbocycles. The summed E-state index contributed by atoms with van der Waals surface area (Å²) in [5.74, 6) is 1.96. The van der Waals surface area contributed by atoms with Gasteiger partial charge in [-0.1, -0.05) is 19.3 Å². The Morgan fingerprint density at radius 3 is 2.58 bits per heavy atom. The number of amides is 1. The molecule has 0 aromatic rings. The second kappa shape index (κ2) is 8.85. The molecule has 19 heavy (non-hydrogen) atoms. The molecule has 0 radical (unpaired) electrons. The highest BCUT2D eigenvalue weighted by Gasteiger charge is 2.17. The predicted octanol–water partition coefficient (Wildman–Crippen LogP) is 2.99. The molecule has 0 spiro atoms. The van der Waals surface area contributed by atoms with Crippen LogP contribution < -0.4 is 5.32 Å². The Labute approximate surface area is 121 Å². The zero-order valence-corrected chi connectivity index (χ0v) is 12.7. The van der Waals surface area contributed by atoms with Gasteiger partial charge in [-0.2, -0.15) is 11.8 Å². The quantitative estimate of drug-likeness (QED) is 0.763. The number of hydrogen-bond acceptors (Lipinski definition) is 3. The smallest absolute Gasteiger partial charge is 0.220 e. The van der Waals surface area contributed by atoms with E-state index in [1.807, 2.05) is 11.8 Å². The standard InChI is InChI=1S/C15H27NO2S/c17-15(12-13-4-2-1-3-5-13)16-8-11-19-14-6-9-18-10-7-14/h13-14H,1-12H2,(H,16,17). The number of rotatable bonds is 6. The van der Waals surface area contributed by atoms with Crippen molar-refractivity contribution in [2.45, 2.75) is 56.6 Å². The lowest BCUT2D eigenvalue weighted by atomic mass is 9.87. The van der Waals surface area contributed by atoms with Crippen LogP contribution in [0, 0.1) is 5.92 Å². The minimum absolute atomic E-state index is 0.263. The second-order valence-electron chi connectivity index (χ2n) is 5.74. The molecule has 0 aromatic heterocycles. The maximum atomic E-state index is 11.8. The average molecular weight is 285 g/mol. The van der Waals surface area contributed by atoms with Gasteiger partial charge in [0.1, 0.15) is 0 Å². The van der Waals surface area contributed by atoms with Crippen LogP contribution in [0.4, 0.5) is 0 Å². The molecule has 110 valence electrons. The van der Waals surface area contributed by atoms with Crippen LogP contribution in [0.25, 0.3) is 0 Å². The maximum Gasteiger partial charge on any atom is 0.220 e. The number of thioether (sulfide) groups is 1. The van der Waals surface area contributed by atoms with Crippen LogP contribution in [0.15, 0.2) is 0 Å². The molecule has 0 bridgehead atoms. The van der Waals surface area contributed by atoms with Crippen molar-refractivity contribution in [2.24, 2.45) is 5.92 Å². The second-order valence-corrected chi connectivity index (χ2v) is 7.15. The number of carbonyl (C=O) groups is 1. The summed E-state index contributed by atoms with van der Waals surface area (Å²) in [5, 5.41) is 3.82. The minimum Gasteiger partial charge on any atom is -0.381 e. The van der Waals surface area contributed by atoms with Gasteiger partial charge in [0.15, 0.2) is 0 Å². The molecule has 2 fully saturated rings. The van der Waals surface area contributed by atoms with E-state index in [4.69, 9.17) is 4.74 Å². The van der Waals surface area contributed by atoms with Gasteiger partial charge in [-0.15, -0.1) is 0 Å². The summed E-state index contributed by atoms with van der Waals surface area (Å²) in [6, 6.07) is 0. The average Bonchev–Trinajstić information content (AvgIpc) is 2.46. The minimum atomic E-state index is 0.263. The molecule has 0 atom stereocenters. The van der Waals surface area contributed by atoms with Crippen molar-refractivity contribution in [2.75, 3.05) is 25.5 Å². The van der Waals surface area contributed by atoms with Gasteiger partial charge >= 0.3 is 0 Å². The first-order chi connectivity index (χ1) is 9.34. The summed E-state index contributed by atoms with van der Waals surface area (Å²) < 4.78 is 5.35. The molecule has 1 aliphatic heterocycles. The highest BCUT2D eigenvalue weighted by atomic mass is 32.2. The molecule has 2 aliphatic rings. The molecule has 2 rings (SSSR count). The van der Waals surface area contributed by atoms with Crippen LogP contribution >= 0.6 is 11.8 Å². The fourth-order valence-corrected chi connectivity index (χ4v) is 4.06. The number of carbonyl (C=O) groups excluding carboxylic acids is 1. The van der Waals surface area contributed by atoms with Crippen molar-refractivity contribution in [1.82, 2.24) is 5.32 Å². The molecule has 1 saturated carbocycles. The first kappa shape index (κ1) is 15.2. The van der Waals surface area contributed by atoms with E-state index in [-0.39, 0.29) is 5.91 Å². The molecule has 3 nitrogen and oxygen atoms in total. The van der Waals surface area contributed by atoms with Crippen LogP contribution in [0.1, 0.15) is 51.4 Å². The summed E-state index contributed by atoms with van der Waals surface area (Å²) >= 11 is 1.99. The van der Waals surface area contributed by atoms with E-state index in [0.29, 0.717) is 5.92 Å². The molecule has 1 amide bonds. The largest absolute Gasteiger partial charge is 0.381 e. The number of hydrogen-bond donors (Lipinski definition) is 1. The molecule has 4 heteroatoms. The lowest BCUT2D eigenvalue weighted by Gasteiger charge is -2.22. The van der Waals surface area contributed by atoms with E-state index >= 15 is 0 Å². The van der Waals surface area contributed by atoms with Crippen LogP contribution in [0.2, 0.25) is 0 Å². The van der Waals surface area contributed by atoms with Gasteiger partial charge in [0.2, 0.25) is 5.91 Å². The van der Waals surface area contributed by atoms with E-state index in [9.17, 15) is 4.79 Å². The molecule has 1 saturated heterocycles. The zero-order chi connectivity index (χ0) is 13.3. The van der Waals surface area contributed by atoms with Crippen molar-refractivity contribution in [3.05, 3.63) is 0 Å². The molecular formula is C15H27NO2S. The summed E-state index contributed by atoms with van der Waals surface area (Å²) in [4.78, 5) is 11.8. The molecule has 0 aromatic carbocycles. The Kier molecular flexibility index (Phi) is 7.07. The van der Waals surface area contributed by atoms with Crippen molar-refractivity contribution in [3.8, 4) is 0 Å². The third kappa shape index (κ3) is 6.17. The third-order valence-electron chi connectivity index (χ3n) is 4.14. The van der Waals surface area contributed by atoms with Crippen LogP contribution in [-0.4, -0.2) is 36.7 Å². The lowest BCUT2D eigenvalue weighted by Crippen LogP contribution is -2.29. The van der Waals surface area contributed by atoms with E-state index in [1.165, 1.54) is 44.9 Å². The van der Waals surface area contributed by atoms with Crippen LogP contribution in [0.5, 0.6) is 0 Å². The lowest BCUT2D eigenvalue weighted by molar-refractivity contribution is -0.122. The Bertz CT molecular complexity index is 261. The number of ether oxygens (including phenoxy) is 1. The monoisotopic (exact) mass is 285 g/mol. The third-order valence-corrected chi connectivity index (χ3v) is 5.53. The SMILES string of the molecule is O=C(CC1CCCCC1)NCCSC1CCOCC1. The first-order valence-corrected chi connectivity index (χ1v) is 8.85. The van der Waals surface area contributed by atoms with Gasteiger partial charge in [0, 0.05) is 37.2 Å². The summed E-state index contributed by atoms with van der Waals surface area (Å²) in [6.45, 7) is 2.64. The Morgan fingerprint density at radius 2 is 1.84 bits per heavy atom. The summed E-state index contributed by atoms with van der Waals surface area (Å²) in [7, 11) is 0. The zero-order valence-electron chi connectivity index (χ0n) is 11.9. The molecule has 1 heterocycles. The Balaban J connectivity index is 1.48. The Hall–Kier alpha value is -0.220. The normalized spacial score (nSPS) is 22.3. The van der Waals surface area contributed by atoms with Crippen LogP contribution in [0.3, 0.4) is 0 Å². The van der Waals surface area contributed by atoms with Gasteiger partial charge in [-0.25, -0.2) is 0 Å². The molecule has 0 unspecified atom stereocenters. The molecular weight excluding hydrogens is 258 g/mol. The Morgan fingerprint density at radius 1 is 1.11 bits per heavy atom. The highest BCUT2D eigenvalue weighted by Crippen LogP contribution is 2.26. The summed E-state index contributed by atoms with van der Waals surface area (Å²) in [5.41, 5.74) is 0. The van der Waals surface area contributed by atoms with Crippen LogP contribution in [-0.2, 0) is 9.53 Å².